The summed E-state index contributed by atoms with van der Waals surface area (Å²) in [5, 5.41) is 4.10. The number of rotatable bonds is 7. The van der Waals surface area contributed by atoms with Crippen molar-refractivity contribution in [3.05, 3.63) is 70.0 Å². The Morgan fingerprint density at radius 1 is 1.20 bits per heavy atom. The molecular weight excluding hydrogens is 414 g/mol. The van der Waals surface area contributed by atoms with Crippen LogP contribution in [0.15, 0.2) is 59.4 Å². The van der Waals surface area contributed by atoms with Gasteiger partial charge in [-0.2, -0.15) is 0 Å². The van der Waals surface area contributed by atoms with E-state index in [2.05, 4.69) is 28.0 Å². The quantitative estimate of drug-likeness (QED) is 0.414. The van der Waals surface area contributed by atoms with Gasteiger partial charge >= 0.3 is 0 Å². The van der Waals surface area contributed by atoms with Crippen LogP contribution < -0.4 is 0 Å². The van der Waals surface area contributed by atoms with E-state index in [4.69, 9.17) is 9.72 Å². The number of ether oxygens (including phenoxy) is 1. The lowest BCUT2D eigenvalue weighted by Gasteiger charge is -2.25. The molecule has 1 atom stereocenters. The van der Waals surface area contributed by atoms with Gasteiger partial charge in [-0.1, -0.05) is 36.4 Å². The van der Waals surface area contributed by atoms with E-state index in [0.29, 0.717) is 19.5 Å². The maximum atomic E-state index is 13.3. The van der Waals surface area contributed by atoms with Gasteiger partial charge in [-0.25, -0.2) is 4.98 Å². The summed E-state index contributed by atoms with van der Waals surface area (Å²) in [6, 6.07) is 14.3. The van der Waals surface area contributed by atoms with Crippen LogP contribution in [-0.2, 0) is 22.5 Å². The summed E-state index contributed by atoms with van der Waals surface area (Å²) in [6.07, 6.45) is 4.65. The Bertz CT molecular complexity index is 1110. The number of fused-ring (bicyclic) bond motifs is 1. The number of hydrogen-bond donors (Lipinski definition) is 0. The standard InChI is InChI=1S/C23H23N3O2S2/c27-22(25(13-19-8-4-10-28-19)14-20-9-5-11-29-20)12-18-16-30-23-24-21(15-26(18)23)17-6-2-1-3-7-17/h1-3,5-7,9,11,15-16,19H,4,8,10,12-14H2. The van der Waals surface area contributed by atoms with E-state index in [1.807, 2.05) is 40.7 Å². The van der Waals surface area contributed by atoms with Crippen LogP contribution in [0.2, 0.25) is 0 Å². The summed E-state index contributed by atoms with van der Waals surface area (Å²) in [5.41, 5.74) is 3.01. The third-order valence-corrected chi connectivity index (χ3v) is 7.16. The Morgan fingerprint density at radius 3 is 2.87 bits per heavy atom. The van der Waals surface area contributed by atoms with Gasteiger partial charge in [0.15, 0.2) is 4.96 Å². The molecule has 4 heterocycles. The molecule has 7 heteroatoms. The summed E-state index contributed by atoms with van der Waals surface area (Å²) in [7, 11) is 0. The van der Waals surface area contributed by atoms with Crippen molar-refractivity contribution in [1.29, 1.82) is 0 Å². The molecule has 0 radical (unpaired) electrons. The number of aromatic nitrogens is 2. The Hall–Kier alpha value is -2.48. The summed E-state index contributed by atoms with van der Waals surface area (Å²) < 4.78 is 7.86. The van der Waals surface area contributed by atoms with Gasteiger partial charge in [0.05, 0.1) is 24.8 Å². The lowest BCUT2D eigenvalue weighted by Crippen LogP contribution is -2.37. The van der Waals surface area contributed by atoms with E-state index in [9.17, 15) is 4.79 Å². The van der Waals surface area contributed by atoms with Gasteiger partial charge in [-0.05, 0) is 24.3 Å². The van der Waals surface area contributed by atoms with Gasteiger partial charge < -0.3 is 9.64 Å². The number of thiophene rings is 1. The van der Waals surface area contributed by atoms with E-state index in [1.54, 1.807) is 22.7 Å². The molecular formula is C23H23N3O2S2. The van der Waals surface area contributed by atoms with Crippen LogP contribution >= 0.6 is 22.7 Å². The number of carbonyl (C=O) groups excluding carboxylic acids is 1. The number of carbonyl (C=O) groups is 1. The zero-order valence-corrected chi connectivity index (χ0v) is 18.2. The summed E-state index contributed by atoms with van der Waals surface area (Å²) in [4.78, 5) is 22.1. The molecule has 1 aliphatic rings. The van der Waals surface area contributed by atoms with Crippen molar-refractivity contribution in [2.45, 2.75) is 31.9 Å². The highest BCUT2D eigenvalue weighted by molar-refractivity contribution is 7.15. The third kappa shape index (κ3) is 4.19. The minimum Gasteiger partial charge on any atom is -0.376 e. The minimum absolute atomic E-state index is 0.133. The lowest BCUT2D eigenvalue weighted by molar-refractivity contribution is -0.132. The highest BCUT2D eigenvalue weighted by Gasteiger charge is 2.24. The van der Waals surface area contributed by atoms with Gasteiger partial charge in [-0.3, -0.25) is 9.20 Å². The van der Waals surface area contributed by atoms with Crippen LogP contribution in [0.5, 0.6) is 0 Å². The van der Waals surface area contributed by atoms with Crippen LogP contribution in [0.25, 0.3) is 16.2 Å². The van der Waals surface area contributed by atoms with Crippen molar-refractivity contribution in [2.24, 2.45) is 0 Å². The number of hydrogen-bond acceptors (Lipinski definition) is 5. The predicted molar refractivity (Wildman–Crippen MR) is 121 cm³/mol. The maximum absolute atomic E-state index is 13.3. The number of amides is 1. The topological polar surface area (TPSA) is 46.8 Å². The zero-order chi connectivity index (χ0) is 20.3. The molecule has 1 aromatic carbocycles. The molecule has 1 unspecified atom stereocenters. The molecule has 3 aromatic heterocycles. The third-order valence-electron chi connectivity index (χ3n) is 5.41. The van der Waals surface area contributed by atoms with Crippen molar-refractivity contribution in [3.8, 4) is 11.3 Å². The minimum atomic E-state index is 0.133. The molecule has 0 saturated carbocycles. The van der Waals surface area contributed by atoms with Gasteiger partial charge in [-0.15, -0.1) is 22.7 Å². The van der Waals surface area contributed by atoms with Crippen molar-refractivity contribution in [1.82, 2.24) is 14.3 Å². The first kappa shape index (κ1) is 19.5. The second-order valence-corrected chi connectivity index (χ2v) is 9.41. The summed E-state index contributed by atoms with van der Waals surface area (Å²) in [5.74, 6) is 0.133. The predicted octanol–water partition coefficient (Wildman–Crippen LogP) is 4.87. The van der Waals surface area contributed by atoms with Crippen LogP contribution in [0.1, 0.15) is 23.4 Å². The highest BCUT2D eigenvalue weighted by Crippen LogP contribution is 2.25. The number of nitrogens with zero attached hydrogens (tertiary/aromatic N) is 3. The van der Waals surface area contributed by atoms with Crippen molar-refractivity contribution < 1.29 is 9.53 Å². The first-order chi connectivity index (χ1) is 14.8. The number of thiazole rings is 1. The van der Waals surface area contributed by atoms with Crippen molar-refractivity contribution in [3.63, 3.8) is 0 Å². The van der Waals surface area contributed by atoms with Gasteiger partial charge in [0.1, 0.15) is 0 Å². The molecule has 154 valence electrons. The Balaban J connectivity index is 1.36. The van der Waals surface area contributed by atoms with E-state index in [-0.39, 0.29) is 12.0 Å². The van der Waals surface area contributed by atoms with Crippen LogP contribution in [-0.4, -0.2) is 39.4 Å². The van der Waals surface area contributed by atoms with Crippen molar-refractivity contribution >= 4 is 33.5 Å². The molecule has 0 bridgehead atoms. The Morgan fingerprint density at radius 2 is 2.10 bits per heavy atom. The maximum Gasteiger partial charge on any atom is 0.228 e. The smallest absolute Gasteiger partial charge is 0.228 e. The first-order valence-electron chi connectivity index (χ1n) is 10.2. The second kappa shape index (κ2) is 8.71. The van der Waals surface area contributed by atoms with E-state index in [1.165, 1.54) is 4.88 Å². The molecule has 5 nitrogen and oxygen atoms in total. The van der Waals surface area contributed by atoms with Gasteiger partial charge in [0.2, 0.25) is 5.91 Å². The summed E-state index contributed by atoms with van der Waals surface area (Å²) in [6.45, 7) is 2.10. The lowest BCUT2D eigenvalue weighted by atomic mass is 10.2. The first-order valence-corrected chi connectivity index (χ1v) is 11.9. The SMILES string of the molecule is O=C(Cc1csc2nc(-c3ccccc3)cn12)N(Cc1cccs1)CC1CCCO1. The highest BCUT2D eigenvalue weighted by atomic mass is 32.1. The molecule has 0 N–H and O–H groups in total. The monoisotopic (exact) mass is 437 g/mol. The fourth-order valence-corrected chi connectivity index (χ4v) is 5.44. The molecule has 1 amide bonds. The molecule has 0 aliphatic carbocycles. The zero-order valence-electron chi connectivity index (χ0n) is 16.6. The number of imidazole rings is 1. The fraction of sp³-hybridized carbons (Fsp3) is 0.304. The fourth-order valence-electron chi connectivity index (χ4n) is 3.85. The molecule has 1 aliphatic heterocycles. The molecule has 30 heavy (non-hydrogen) atoms. The van der Waals surface area contributed by atoms with Crippen LogP contribution in [0.4, 0.5) is 0 Å². The van der Waals surface area contributed by atoms with E-state index < -0.39 is 0 Å². The van der Waals surface area contributed by atoms with Gasteiger partial charge in [0, 0.05) is 40.9 Å². The molecule has 4 aromatic rings. The van der Waals surface area contributed by atoms with Crippen molar-refractivity contribution in [2.75, 3.05) is 13.2 Å². The van der Waals surface area contributed by atoms with E-state index >= 15 is 0 Å². The average Bonchev–Trinajstić information content (AvgIpc) is 3.55. The molecule has 0 spiro atoms. The van der Waals surface area contributed by atoms with E-state index in [0.717, 1.165) is 41.4 Å². The molecule has 1 fully saturated rings. The molecule has 1 saturated heterocycles. The van der Waals surface area contributed by atoms with Crippen LogP contribution in [0, 0.1) is 0 Å². The van der Waals surface area contributed by atoms with Gasteiger partial charge in [0.25, 0.3) is 0 Å². The van der Waals surface area contributed by atoms with Crippen LogP contribution in [0.3, 0.4) is 0 Å². The average molecular weight is 438 g/mol. The Kier molecular flexibility index (Phi) is 5.66. The largest absolute Gasteiger partial charge is 0.376 e. The molecule has 5 rings (SSSR count). The second-order valence-electron chi connectivity index (χ2n) is 7.54. The normalized spacial score (nSPS) is 16.3. The summed E-state index contributed by atoms with van der Waals surface area (Å²) >= 11 is 3.27. The Labute approximate surface area is 183 Å². The number of benzene rings is 1.